The smallest absolute Gasteiger partial charge is 0.410 e. The zero-order chi connectivity index (χ0) is 10.4. The highest BCUT2D eigenvalue weighted by atomic mass is 16.6. The number of carbonyl (C=O) groups excluding carboxylic acids is 1. The van der Waals surface area contributed by atoms with Gasteiger partial charge >= 0.3 is 6.09 Å². The van der Waals surface area contributed by atoms with E-state index in [0.717, 1.165) is 13.0 Å². The highest BCUT2D eigenvalue weighted by molar-refractivity contribution is 5.69. The number of hydrogen-bond acceptors (Lipinski definition) is 4. The third-order valence-corrected chi connectivity index (χ3v) is 2.07. The summed E-state index contributed by atoms with van der Waals surface area (Å²) >= 11 is 0. The quantitative estimate of drug-likeness (QED) is 0.624. The highest BCUT2D eigenvalue weighted by Crippen LogP contribution is 2.09. The summed E-state index contributed by atoms with van der Waals surface area (Å²) in [6.45, 7) is 4.93. The molecule has 1 saturated heterocycles. The Bertz CT molecular complexity index is 187. The summed E-state index contributed by atoms with van der Waals surface area (Å²) in [4.78, 5) is 12.8. The third kappa shape index (κ3) is 3.16. The van der Waals surface area contributed by atoms with Gasteiger partial charge in [-0.15, -0.1) is 0 Å². The van der Waals surface area contributed by atoms with E-state index in [1.165, 1.54) is 0 Å². The molecule has 0 saturated carbocycles. The van der Waals surface area contributed by atoms with Crippen LogP contribution in [0.4, 0.5) is 4.79 Å². The minimum atomic E-state index is -0.277. The van der Waals surface area contributed by atoms with E-state index in [1.54, 1.807) is 4.90 Å². The van der Waals surface area contributed by atoms with Crippen molar-refractivity contribution in [2.75, 3.05) is 32.8 Å². The van der Waals surface area contributed by atoms with Crippen LogP contribution in [0.5, 0.6) is 0 Å². The summed E-state index contributed by atoms with van der Waals surface area (Å²) in [6.07, 6.45) is 0.574. The van der Waals surface area contributed by atoms with E-state index in [0.29, 0.717) is 26.2 Å². The summed E-state index contributed by atoms with van der Waals surface area (Å²) in [5, 5.41) is 0. The van der Waals surface area contributed by atoms with Gasteiger partial charge in [0.25, 0.3) is 0 Å². The Balaban J connectivity index is 2.15. The van der Waals surface area contributed by atoms with Crippen molar-refractivity contribution in [3.05, 3.63) is 0 Å². The fourth-order valence-corrected chi connectivity index (χ4v) is 1.30. The number of ether oxygens (including phenoxy) is 2. The van der Waals surface area contributed by atoms with Crippen molar-refractivity contribution in [3.8, 4) is 0 Å². The molecule has 2 N–H and O–H groups in total. The second-order valence-electron chi connectivity index (χ2n) is 3.30. The molecule has 0 spiro atoms. The molecule has 0 radical (unpaired) electrons. The monoisotopic (exact) mass is 202 g/mol. The van der Waals surface area contributed by atoms with Gasteiger partial charge in [0.1, 0.15) is 6.10 Å². The molecule has 1 fully saturated rings. The van der Waals surface area contributed by atoms with Gasteiger partial charge in [0.15, 0.2) is 0 Å². The molecule has 14 heavy (non-hydrogen) atoms. The van der Waals surface area contributed by atoms with E-state index in [1.807, 2.05) is 0 Å². The Labute approximate surface area is 84.1 Å². The zero-order valence-corrected chi connectivity index (χ0v) is 8.57. The zero-order valence-electron chi connectivity index (χ0n) is 8.57. The molecule has 0 aliphatic carbocycles. The third-order valence-electron chi connectivity index (χ3n) is 2.07. The Kier molecular flexibility index (Phi) is 4.69. The molecule has 1 aliphatic heterocycles. The molecule has 1 atom stereocenters. The van der Waals surface area contributed by atoms with Gasteiger partial charge in [-0.1, -0.05) is 6.92 Å². The lowest BCUT2D eigenvalue weighted by molar-refractivity contribution is 0.107. The molecule has 1 unspecified atom stereocenters. The van der Waals surface area contributed by atoms with Crippen molar-refractivity contribution in [2.24, 2.45) is 5.73 Å². The lowest BCUT2D eigenvalue weighted by atomic mass is 10.3. The van der Waals surface area contributed by atoms with Gasteiger partial charge in [0.05, 0.1) is 13.2 Å². The molecule has 5 heteroatoms. The number of carbonyl (C=O) groups is 1. The molecule has 0 aromatic rings. The molecule has 1 aliphatic rings. The molecule has 1 heterocycles. The Morgan fingerprint density at radius 1 is 1.64 bits per heavy atom. The normalized spacial score (nSPS) is 21.4. The lowest BCUT2D eigenvalue weighted by Gasteiger charge is -2.12. The van der Waals surface area contributed by atoms with Crippen LogP contribution < -0.4 is 5.73 Å². The van der Waals surface area contributed by atoms with Crippen LogP contribution in [-0.4, -0.2) is 49.9 Å². The van der Waals surface area contributed by atoms with Crippen LogP contribution >= 0.6 is 0 Å². The van der Waals surface area contributed by atoms with Gasteiger partial charge in [0, 0.05) is 19.7 Å². The molecule has 0 bridgehead atoms. The van der Waals surface area contributed by atoms with E-state index in [4.69, 9.17) is 15.2 Å². The van der Waals surface area contributed by atoms with Crippen molar-refractivity contribution < 1.29 is 14.3 Å². The van der Waals surface area contributed by atoms with Crippen LogP contribution in [0.3, 0.4) is 0 Å². The molecule has 82 valence electrons. The molecular formula is C9H18N2O3. The molecule has 1 amide bonds. The summed E-state index contributed by atoms with van der Waals surface area (Å²) in [5.41, 5.74) is 5.40. The van der Waals surface area contributed by atoms with Gasteiger partial charge in [-0.05, 0) is 6.42 Å². The average Bonchev–Trinajstić information content (AvgIpc) is 2.54. The second-order valence-corrected chi connectivity index (χ2v) is 3.30. The Morgan fingerprint density at radius 2 is 2.43 bits per heavy atom. The van der Waals surface area contributed by atoms with Crippen LogP contribution in [0.25, 0.3) is 0 Å². The number of hydrogen-bond donors (Lipinski definition) is 1. The van der Waals surface area contributed by atoms with Crippen molar-refractivity contribution in [2.45, 2.75) is 19.4 Å². The predicted octanol–water partition coefficient (Wildman–Crippen LogP) is 0.193. The van der Waals surface area contributed by atoms with Gasteiger partial charge in [-0.25, -0.2) is 4.79 Å². The Hall–Kier alpha value is -0.810. The van der Waals surface area contributed by atoms with Gasteiger partial charge in [-0.3, -0.25) is 0 Å². The number of nitrogens with two attached hydrogens (primary N) is 1. The summed E-state index contributed by atoms with van der Waals surface area (Å²) in [5.74, 6) is 0. The summed E-state index contributed by atoms with van der Waals surface area (Å²) < 4.78 is 10.3. The van der Waals surface area contributed by atoms with Crippen LogP contribution in [-0.2, 0) is 9.47 Å². The largest absolute Gasteiger partial charge is 0.443 e. The Morgan fingerprint density at radius 3 is 3.00 bits per heavy atom. The van der Waals surface area contributed by atoms with Crippen molar-refractivity contribution in [1.82, 2.24) is 4.90 Å². The van der Waals surface area contributed by atoms with Gasteiger partial charge in [0.2, 0.25) is 0 Å². The van der Waals surface area contributed by atoms with Gasteiger partial charge in [-0.2, -0.15) is 0 Å². The lowest BCUT2D eigenvalue weighted by Crippen LogP contribution is -2.30. The summed E-state index contributed by atoms with van der Waals surface area (Å²) in [7, 11) is 0. The van der Waals surface area contributed by atoms with Crippen molar-refractivity contribution in [1.29, 1.82) is 0 Å². The second kappa shape index (κ2) is 5.82. The molecule has 0 aromatic heterocycles. The topological polar surface area (TPSA) is 64.8 Å². The summed E-state index contributed by atoms with van der Waals surface area (Å²) in [6, 6.07) is 0. The average molecular weight is 202 g/mol. The first-order valence-corrected chi connectivity index (χ1v) is 5.01. The molecule has 1 rings (SSSR count). The minimum Gasteiger partial charge on any atom is -0.443 e. The highest BCUT2D eigenvalue weighted by Gasteiger charge is 2.29. The first-order chi connectivity index (χ1) is 6.77. The van der Waals surface area contributed by atoms with E-state index in [-0.39, 0.29) is 12.2 Å². The first kappa shape index (κ1) is 11.3. The maximum atomic E-state index is 11.2. The fraction of sp³-hybridized carbons (Fsp3) is 0.889. The van der Waals surface area contributed by atoms with Crippen LogP contribution in [0.1, 0.15) is 13.3 Å². The standard InChI is InChI=1S/C9H18N2O3/c1-2-4-13-5-3-11-7-8(6-10)14-9(11)12/h8H,2-7,10H2,1H3. The molecular weight excluding hydrogens is 184 g/mol. The molecule has 0 aromatic carbocycles. The van der Waals surface area contributed by atoms with E-state index >= 15 is 0 Å². The molecule has 5 nitrogen and oxygen atoms in total. The number of cyclic esters (lactones) is 1. The predicted molar refractivity (Wildman–Crippen MR) is 52.0 cm³/mol. The number of rotatable bonds is 6. The fourth-order valence-electron chi connectivity index (χ4n) is 1.30. The van der Waals surface area contributed by atoms with Crippen LogP contribution in [0.2, 0.25) is 0 Å². The maximum Gasteiger partial charge on any atom is 0.410 e. The maximum absolute atomic E-state index is 11.2. The van der Waals surface area contributed by atoms with E-state index in [2.05, 4.69) is 6.92 Å². The first-order valence-electron chi connectivity index (χ1n) is 5.01. The van der Waals surface area contributed by atoms with Gasteiger partial charge < -0.3 is 20.1 Å². The van der Waals surface area contributed by atoms with E-state index in [9.17, 15) is 4.79 Å². The van der Waals surface area contributed by atoms with Crippen molar-refractivity contribution in [3.63, 3.8) is 0 Å². The van der Waals surface area contributed by atoms with Crippen LogP contribution in [0.15, 0.2) is 0 Å². The SMILES string of the molecule is CCCOCCN1CC(CN)OC1=O. The van der Waals surface area contributed by atoms with Crippen LogP contribution in [0, 0.1) is 0 Å². The number of amides is 1. The van der Waals surface area contributed by atoms with Crippen molar-refractivity contribution >= 4 is 6.09 Å². The number of nitrogens with zero attached hydrogens (tertiary/aromatic N) is 1. The minimum absolute atomic E-state index is 0.145. The van der Waals surface area contributed by atoms with E-state index < -0.39 is 0 Å².